The maximum atomic E-state index is 12.6. The summed E-state index contributed by atoms with van der Waals surface area (Å²) in [5.74, 6) is 0. The minimum Gasteiger partial charge on any atom is -0.391 e. The van der Waals surface area contributed by atoms with E-state index >= 15 is 0 Å². The Balaban J connectivity index is 2.55. The van der Waals surface area contributed by atoms with Crippen molar-refractivity contribution in [1.29, 1.82) is 0 Å². The summed E-state index contributed by atoms with van der Waals surface area (Å²) in [7, 11) is 0. The molecule has 120 valence electrons. The number of alkyl halides is 3. The van der Waals surface area contributed by atoms with Gasteiger partial charge in [-0.2, -0.15) is 13.2 Å². The molecule has 2 aromatic rings. The fraction of sp³-hybridized carbons (Fsp3) is 0.400. The van der Waals surface area contributed by atoms with Gasteiger partial charge in [-0.1, -0.05) is 20.8 Å². The average Bonchev–Trinajstić information content (AvgIpc) is 2.74. The van der Waals surface area contributed by atoms with E-state index in [-0.39, 0.29) is 11.3 Å². The lowest BCUT2D eigenvalue weighted by Crippen LogP contribution is -2.18. The number of hydrogen-bond donors (Lipinski definition) is 2. The molecule has 22 heavy (non-hydrogen) atoms. The van der Waals surface area contributed by atoms with Gasteiger partial charge in [0.15, 0.2) is 0 Å². The third kappa shape index (κ3) is 2.94. The number of aromatic nitrogens is 2. The Morgan fingerprint density at radius 2 is 1.68 bits per heavy atom. The molecule has 7 heteroatoms. The van der Waals surface area contributed by atoms with Crippen molar-refractivity contribution in [2.45, 2.75) is 39.0 Å². The second kappa shape index (κ2) is 5.31. The Kier molecular flexibility index (Phi) is 3.95. The lowest BCUT2D eigenvalue weighted by Gasteiger charge is -2.17. The Labute approximate surface area is 125 Å². The van der Waals surface area contributed by atoms with Crippen LogP contribution in [0.5, 0.6) is 0 Å². The van der Waals surface area contributed by atoms with Gasteiger partial charge in [-0.05, 0) is 24.3 Å². The van der Waals surface area contributed by atoms with Gasteiger partial charge in [-0.15, -0.1) is 0 Å². The highest BCUT2D eigenvalue weighted by Crippen LogP contribution is 2.29. The molecule has 0 aliphatic carbocycles. The van der Waals surface area contributed by atoms with Gasteiger partial charge < -0.3 is 5.11 Å². The third-order valence-electron chi connectivity index (χ3n) is 3.35. The normalized spacial score (nSPS) is 12.7. The van der Waals surface area contributed by atoms with Crippen LogP contribution in [0.1, 0.15) is 37.6 Å². The van der Waals surface area contributed by atoms with Crippen LogP contribution in [0.25, 0.3) is 5.69 Å². The molecular formula is C15H17F3N2O2. The number of nitrogens with zero attached hydrogens (tertiary/aromatic N) is 1. The van der Waals surface area contributed by atoms with Crippen LogP contribution >= 0.6 is 0 Å². The topological polar surface area (TPSA) is 58.0 Å². The molecule has 1 heterocycles. The Bertz CT molecular complexity index is 719. The van der Waals surface area contributed by atoms with E-state index in [2.05, 4.69) is 5.10 Å². The monoisotopic (exact) mass is 314 g/mol. The van der Waals surface area contributed by atoms with Crippen molar-refractivity contribution in [3.8, 4) is 5.69 Å². The minimum atomic E-state index is -4.42. The number of H-pyrrole nitrogens is 1. The first-order valence-electron chi connectivity index (χ1n) is 6.68. The quantitative estimate of drug-likeness (QED) is 0.895. The van der Waals surface area contributed by atoms with Gasteiger partial charge in [-0.3, -0.25) is 9.89 Å². The van der Waals surface area contributed by atoms with Gasteiger partial charge in [0.25, 0.3) is 5.56 Å². The van der Waals surface area contributed by atoms with Crippen LogP contribution in [0.3, 0.4) is 0 Å². The second-order valence-electron chi connectivity index (χ2n) is 6.06. The molecular weight excluding hydrogens is 297 g/mol. The lowest BCUT2D eigenvalue weighted by atomic mass is 9.90. The highest BCUT2D eigenvalue weighted by molar-refractivity contribution is 5.37. The van der Waals surface area contributed by atoms with Gasteiger partial charge in [0.05, 0.1) is 23.4 Å². The Morgan fingerprint density at radius 1 is 1.14 bits per heavy atom. The SMILES string of the molecule is CC(C)(C)c1[nH]n(-c2ccc(C(F)(F)F)cc2)c(=O)c1CO. The summed E-state index contributed by atoms with van der Waals surface area (Å²) in [6.07, 6.45) is -4.42. The number of halogens is 3. The molecule has 4 nitrogen and oxygen atoms in total. The number of benzene rings is 1. The zero-order valence-electron chi connectivity index (χ0n) is 12.5. The number of nitrogens with one attached hydrogen (secondary N) is 1. The van der Waals surface area contributed by atoms with Crippen LogP contribution in [0.2, 0.25) is 0 Å². The maximum Gasteiger partial charge on any atom is 0.416 e. The molecule has 0 aliphatic heterocycles. The molecule has 0 bridgehead atoms. The Morgan fingerprint density at radius 3 is 2.05 bits per heavy atom. The molecule has 0 saturated heterocycles. The fourth-order valence-corrected chi connectivity index (χ4v) is 2.22. The van der Waals surface area contributed by atoms with Gasteiger partial charge in [0.1, 0.15) is 0 Å². The summed E-state index contributed by atoms with van der Waals surface area (Å²) < 4.78 is 38.9. The smallest absolute Gasteiger partial charge is 0.391 e. The average molecular weight is 314 g/mol. The van der Waals surface area contributed by atoms with Gasteiger partial charge in [0.2, 0.25) is 0 Å². The van der Waals surface area contributed by atoms with E-state index in [0.717, 1.165) is 16.8 Å². The summed E-state index contributed by atoms with van der Waals surface area (Å²) in [4.78, 5) is 12.3. The largest absolute Gasteiger partial charge is 0.416 e. The van der Waals surface area contributed by atoms with Gasteiger partial charge >= 0.3 is 6.18 Å². The van der Waals surface area contributed by atoms with E-state index in [1.165, 1.54) is 12.1 Å². The first kappa shape index (κ1) is 16.4. The second-order valence-corrected chi connectivity index (χ2v) is 6.06. The van der Waals surface area contributed by atoms with Crippen molar-refractivity contribution in [2.75, 3.05) is 0 Å². The molecule has 0 atom stereocenters. The number of aliphatic hydroxyl groups is 1. The van der Waals surface area contributed by atoms with Crippen LogP contribution in [0.4, 0.5) is 13.2 Å². The van der Waals surface area contributed by atoms with Crippen LogP contribution in [0, 0.1) is 0 Å². The van der Waals surface area contributed by atoms with Gasteiger partial charge in [-0.25, -0.2) is 4.68 Å². The van der Waals surface area contributed by atoms with Crippen molar-refractivity contribution in [3.63, 3.8) is 0 Å². The van der Waals surface area contributed by atoms with Crippen LogP contribution in [0.15, 0.2) is 29.1 Å². The van der Waals surface area contributed by atoms with E-state index in [1.54, 1.807) is 0 Å². The predicted molar refractivity (Wildman–Crippen MR) is 76.0 cm³/mol. The van der Waals surface area contributed by atoms with Crippen molar-refractivity contribution < 1.29 is 18.3 Å². The Hall–Kier alpha value is -2.02. The molecule has 0 amide bonds. The van der Waals surface area contributed by atoms with Crippen molar-refractivity contribution in [1.82, 2.24) is 9.78 Å². The zero-order valence-corrected chi connectivity index (χ0v) is 12.5. The van der Waals surface area contributed by atoms with E-state index in [4.69, 9.17) is 0 Å². The molecule has 2 N–H and O–H groups in total. The van der Waals surface area contributed by atoms with E-state index in [1.807, 2.05) is 20.8 Å². The van der Waals surface area contributed by atoms with E-state index < -0.39 is 29.3 Å². The van der Waals surface area contributed by atoms with Crippen molar-refractivity contribution >= 4 is 0 Å². The predicted octanol–water partition coefficient (Wildman–Crippen LogP) is 2.97. The molecule has 0 aliphatic rings. The molecule has 0 unspecified atom stereocenters. The first-order valence-corrected chi connectivity index (χ1v) is 6.68. The summed E-state index contributed by atoms with van der Waals surface area (Å²) in [6.45, 7) is 5.17. The summed E-state index contributed by atoms with van der Waals surface area (Å²) in [6, 6.07) is 4.26. The highest BCUT2D eigenvalue weighted by atomic mass is 19.4. The number of aromatic amines is 1. The molecule has 1 aromatic heterocycles. The molecule has 0 radical (unpaired) electrons. The summed E-state index contributed by atoms with van der Waals surface area (Å²) in [5, 5.41) is 12.3. The summed E-state index contributed by atoms with van der Waals surface area (Å²) >= 11 is 0. The number of aliphatic hydroxyl groups excluding tert-OH is 1. The first-order chi connectivity index (χ1) is 10.1. The van der Waals surface area contributed by atoms with E-state index in [0.29, 0.717) is 5.69 Å². The fourth-order valence-electron chi connectivity index (χ4n) is 2.22. The van der Waals surface area contributed by atoms with Crippen LogP contribution < -0.4 is 5.56 Å². The minimum absolute atomic E-state index is 0.215. The zero-order chi connectivity index (χ0) is 16.7. The molecule has 0 fully saturated rings. The number of rotatable bonds is 2. The third-order valence-corrected chi connectivity index (χ3v) is 3.35. The van der Waals surface area contributed by atoms with Crippen molar-refractivity contribution in [3.05, 3.63) is 51.4 Å². The molecule has 0 spiro atoms. The van der Waals surface area contributed by atoms with Crippen molar-refractivity contribution in [2.24, 2.45) is 0 Å². The molecule has 0 saturated carbocycles. The van der Waals surface area contributed by atoms with E-state index in [9.17, 15) is 23.1 Å². The standard InChI is InChI=1S/C15H17F3N2O2/c1-14(2,3)12-11(8-21)13(22)20(19-12)10-6-4-9(5-7-10)15(16,17)18/h4-7,19,21H,8H2,1-3H3. The van der Waals surface area contributed by atoms with Crippen LogP contribution in [-0.2, 0) is 18.2 Å². The summed E-state index contributed by atoms with van der Waals surface area (Å²) in [5.41, 5.74) is -0.606. The number of hydrogen-bond acceptors (Lipinski definition) is 2. The maximum absolute atomic E-state index is 12.6. The van der Waals surface area contributed by atoms with Gasteiger partial charge in [0, 0.05) is 11.1 Å². The van der Waals surface area contributed by atoms with Crippen LogP contribution in [-0.4, -0.2) is 14.9 Å². The highest BCUT2D eigenvalue weighted by Gasteiger charge is 2.30. The lowest BCUT2D eigenvalue weighted by molar-refractivity contribution is -0.137. The molecule has 1 aromatic carbocycles. The molecule has 2 rings (SSSR count).